The number of carboxylic acids is 1. The van der Waals surface area contributed by atoms with Gasteiger partial charge in [-0.2, -0.15) is 0 Å². The summed E-state index contributed by atoms with van der Waals surface area (Å²) in [7, 11) is 0. The van der Waals surface area contributed by atoms with E-state index in [1.54, 1.807) is 0 Å². The molecule has 0 heterocycles. The van der Waals surface area contributed by atoms with Crippen molar-refractivity contribution in [1.29, 1.82) is 0 Å². The van der Waals surface area contributed by atoms with Crippen LogP contribution >= 0.6 is 11.6 Å². The van der Waals surface area contributed by atoms with Gasteiger partial charge in [-0.15, -0.1) is 0 Å². The Kier molecular flexibility index (Phi) is 3.84. The second kappa shape index (κ2) is 4.94. The standard InChI is InChI=1S/C10H9ClFNO3/c1-6(10(15)16)13(5-14)7-2-3-9(12)8(11)4-7/h2-6H,1H3,(H,15,16). The molecule has 1 aromatic rings. The minimum atomic E-state index is -1.16. The molecule has 4 nitrogen and oxygen atoms in total. The van der Waals surface area contributed by atoms with Gasteiger partial charge in [0.25, 0.3) is 0 Å². The molecule has 1 N–H and O–H groups in total. The molecule has 0 saturated heterocycles. The molecule has 86 valence electrons. The minimum Gasteiger partial charge on any atom is -0.480 e. The van der Waals surface area contributed by atoms with Crippen molar-refractivity contribution in [2.45, 2.75) is 13.0 Å². The fraction of sp³-hybridized carbons (Fsp3) is 0.200. The quantitative estimate of drug-likeness (QED) is 0.825. The highest BCUT2D eigenvalue weighted by molar-refractivity contribution is 6.31. The molecule has 1 amide bonds. The Morgan fingerprint density at radius 2 is 2.25 bits per heavy atom. The van der Waals surface area contributed by atoms with E-state index in [-0.39, 0.29) is 10.7 Å². The number of hydrogen-bond donors (Lipinski definition) is 1. The Morgan fingerprint density at radius 1 is 1.62 bits per heavy atom. The Morgan fingerprint density at radius 3 is 2.69 bits per heavy atom. The van der Waals surface area contributed by atoms with Gasteiger partial charge >= 0.3 is 5.97 Å². The number of amides is 1. The van der Waals surface area contributed by atoms with Crippen molar-refractivity contribution in [3.8, 4) is 0 Å². The van der Waals surface area contributed by atoms with Crippen LogP contribution in [0.1, 0.15) is 6.92 Å². The molecule has 16 heavy (non-hydrogen) atoms. The van der Waals surface area contributed by atoms with Crippen molar-refractivity contribution < 1.29 is 19.1 Å². The van der Waals surface area contributed by atoms with Gasteiger partial charge < -0.3 is 10.0 Å². The van der Waals surface area contributed by atoms with Crippen LogP contribution in [0.5, 0.6) is 0 Å². The predicted molar refractivity (Wildman–Crippen MR) is 57.1 cm³/mol. The van der Waals surface area contributed by atoms with E-state index in [4.69, 9.17) is 16.7 Å². The SMILES string of the molecule is CC(C(=O)O)N(C=O)c1ccc(F)c(Cl)c1. The van der Waals surface area contributed by atoms with Crippen molar-refractivity contribution in [3.05, 3.63) is 29.0 Å². The van der Waals surface area contributed by atoms with Gasteiger partial charge in [0.15, 0.2) is 0 Å². The van der Waals surface area contributed by atoms with Crippen molar-refractivity contribution in [3.63, 3.8) is 0 Å². The van der Waals surface area contributed by atoms with Crippen molar-refractivity contribution in [1.82, 2.24) is 0 Å². The van der Waals surface area contributed by atoms with E-state index in [1.165, 1.54) is 19.1 Å². The van der Waals surface area contributed by atoms with E-state index in [9.17, 15) is 14.0 Å². The van der Waals surface area contributed by atoms with Crippen LogP contribution in [0.2, 0.25) is 5.02 Å². The van der Waals surface area contributed by atoms with Crippen LogP contribution in [0, 0.1) is 5.82 Å². The second-order valence-corrected chi connectivity index (χ2v) is 3.53. The van der Waals surface area contributed by atoms with Crippen LogP contribution in [0.25, 0.3) is 0 Å². The van der Waals surface area contributed by atoms with Gasteiger partial charge in [-0.1, -0.05) is 11.6 Å². The van der Waals surface area contributed by atoms with Crippen LogP contribution in [-0.4, -0.2) is 23.5 Å². The summed E-state index contributed by atoms with van der Waals surface area (Å²) < 4.78 is 12.9. The van der Waals surface area contributed by atoms with Gasteiger partial charge in [0.05, 0.1) is 5.02 Å². The Balaban J connectivity index is 3.09. The molecule has 0 fully saturated rings. The number of hydrogen-bond acceptors (Lipinski definition) is 2. The smallest absolute Gasteiger partial charge is 0.326 e. The third-order valence-corrected chi connectivity index (χ3v) is 2.38. The third kappa shape index (κ3) is 2.49. The summed E-state index contributed by atoms with van der Waals surface area (Å²) in [6.45, 7) is 1.34. The largest absolute Gasteiger partial charge is 0.480 e. The predicted octanol–water partition coefficient (Wildman–Crippen LogP) is 1.92. The highest BCUT2D eigenvalue weighted by Crippen LogP contribution is 2.23. The topological polar surface area (TPSA) is 57.6 Å². The summed E-state index contributed by atoms with van der Waals surface area (Å²) in [5.74, 6) is -1.79. The van der Waals surface area contributed by atoms with Crippen LogP contribution in [0.15, 0.2) is 18.2 Å². The number of rotatable bonds is 4. The molecular weight excluding hydrogens is 237 g/mol. The summed E-state index contributed by atoms with van der Waals surface area (Å²) in [6, 6.07) is 2.52. The molecule has 1 unspecified atom stereocenters. The number of carboxylic acid groups (broad SMARTS) is 1. The molecule has 0 radical (unpaired) electrons. The summed E-state index contributed by atoms with van der Waals surface area (Å²) >= 11 is 5.53. The molecule has 6 heteroatoms. The molecule has 0 spiro atoms. The van der Waals surface area contributed by atoms with Gasteiger partial charge in [-0.3, -0.25) is 4.79 Å². The maximum atomic E-state index is 12.9. The lowest BCUT2D eigenvalue weighted by Gasteiger charge is -2.21. The van der Waals surface area contributed by atoms with Crippen LogP contribution < -0.4 is 4.90 Å². The molecule has 0 aliphatic heterocycles. The number of nitrogens with zero attached hydrogens (tertiary/aromatic N) is 1. The summed E-state index contributed by atoms with van der Waals surface area (Å²) in [5.41, 5.74) is 0.233. The van der Waals surface area contributed by atoms with Crippen molar-refractivity contribution >= 4 is 29.7 Å². The fourth-order valence-electron chi connectivity index (χ4n) is 1.14. The number of benzene rings is 1. The first-order valence-electron chi connectivity index (χ1n) is 4.39. The second-order valence-electron chi connectivity index (χ2n) is 3.13. The van der Waals surface area contributed by atoms with E-state index in [1.807, 2.05) is 0 Å². The van der Waals surface area contributed by atoms with Gasteiger partial charge in [0.2, 0.25) is 6.41 Å². The van der Waals surface area contributed by atoms with Gasteiger partial charge in [0, 0.05) is 5.69 Å². The monoisotopic (exact) mass is 245 g/mol. The van der Waals surface area contributed by atoms with Gasteiger partial charge in [-0.05, 0) is 25.1 Å². The number of carbonyl (C=O) groups is 2. The fourth-order valence-corrected chi connectivity index (χ4v) is 1.32. The highest BCUT2D eigenvalue weighted by Gasteiger charge is 2.21. The highest BCUT2D eigenvalue weighted by atomic mass is 35.5. The van der Waals surface area contributed by atoms with E-state index in [0.29, 0.717) is 6.41 Å². The van der Waals surface area contributed by atoms with E-state index < -0.39 is 17.8 Å². The molecule has 1 aromatic carbocycles. The van der Waals surface area contributed by atoms with E-state index in [0.717, 1.165) is 11.0 Å². The summed E-state index contributed by atoms with van der Waals surface area (Å²) in [4.78, 5) is 22.4. The van der Waals surface area contributed by atoms with E-state index >= 15 is 0 Å². The zero-order valence-corrected chi connectivity index (χ0v) is 9.11. The lowest BCUT2D eigenvalue weighted by atomic mass is 10.2. The first-order chi connectivity index (χ1) is 7.47. The number of aliphatic carboxylic acids is 1. The van der Waals surface area contributed by atoms with Crippen molar-refractivity contribution in [2.75, 3.05) is 4.90 Å². The normalized spacial score (nSPS) is 11.9. The van der Waals surface area contributed by atoms with Crippen molar-refractivity contribution in [2.24, 2.45) is 0 Å². The van der Waals surface area contributed by atoms with Crippen LogP contribution in [0.4, 0.5) is 10.1 Å². The van der Waals surface area contributed by atoms with E-state index in [2.05, 4.69) is 0 Å². The maximum absolute atomic E-state index is 12.9. The molecule has 0 bridgehead atoms. The zero-order valence-electron chi connectivity index (χ0n) is 8.35. The molecule has 0 aromatic heterocycles. The molecule has 0 aliphatic carbocycles. The molecule has 0 saturated carbocycles. The van der Waals surface area contributed by atoms with Crippen LogP contribution in [-0.2, 0) is 9.59 Å². The minimum absolute atomic E-state index is 0.165. The Bertz CT molecular complexity index is 425. The van der Waals surface area contributed by atoms with Crippen LogP contribution in [0.3, 0.4) is 0 Å². The first-order valence-corrected chi connectivity index (χ1v) is 4.76. The Labute approximate surface area is 96.2 Å². The average Bonchev–Trinajstić information content (AvgIpc) is 2.24. The number of halogens is 2. The maximum Gasteiger partial charge on any atom is 0.326 e. The lowest BCUT2D eigenvalue weighted by Crippen LogP contribution is -2.38. The third-order valence-electron chi connectivity index (χ3n) is 2.09. The Hall–Kier alpha value is -1.62. The number of anilines is 1. The average molecular weight is 246 g/mol. The summed E-state index contributed by atoms with van der Waals surface area (Å²) in [5, 5.41) is 8.60. The first kappa shape index (κ1) is 12.4. The molecule has 0 aliphatic rings. The van der Waals surface area contributed by atoms with Gasteiger partial charge in [-0.25, -0.2) is 9.18 Å². The number of carbonyl (C=O) groups excluding carboxylic acids is 1. The summed E-state index contributed by atoms with van der Waals surface area (Å²) in [6.07, 6.45) is 0.363. The molecular formula is C10H9ClFNO3. The molecule has 1 atom stereocenters. The van der Waals surface area contributed by atoms with Gasteiger partial charge in [0.1, 0.15) is 11.9 Å². The zero-order chi connectivity index (χ0) is 12.3. The lowest BCUT2D eigenvalue weighted by molar-refractivity contribution is -0.138. The molecule has 1 rings (SSSR count).